The van der Waals surface area contributed by atoms with Crippen molar-refractivity contribution in [1.29, 1.82) is 0 Å². The van der Waals surface area contributed by atoms with Crippen LogP contribution in [0.5, 0.6) is 5.75 Å². The summed E-state index contributed by atoms with van der Waals surface area (Å²) in [6, 6.07) is 17.9. The van der Waals surface area contributed by atoms with Gasteiger partial charge in [0.1, 0.15) is 5.75 Å². The normalized spacial score (nSPS) is 11.0. The molecule has 1 amide bonds. The topological polar surface area (TPSA) is 97.4 Å². The summed E-state index contributed by atoms with van der Waals surface area (Å²) in [5.41, 5.74) is 3.57. The minimum atomic E-state index is -3.45. The second-order valence-electron chi connectivity index (χ2n) is 6.44. The van der Waals surface area contributed by atoms with Crippen molar-refractivity contribution in [1.82, 2.24) is 4.98 Å². The molecule has 0 unspecified atom stereocenters. The maximum Gasteiger partial charge on any atom is 0.257 e. The number of hydrogen-bond donors (Lipinski definition) is 2. The maximum absolute atomic E-state index is 12.7. The average Bonchev–Trinajstić information content (AvgIpc) is 2.68. The van der Waals surface area contributed by atoms with Gasteiger partial charge in [-0.3, -0.25) is 14.5 Å². The molecule has 2 aromatic carbocycles. The van der Waals surface area contributed by atoms with Crippen molar-refractivity contribution in [3.63, 3.8) is 0 Å². The summed E-state index contributed by atoms with van der Waals surface area (Å²) in [5, 5.41) is 2.79. The van der Waals surface area contributed by atoms with Crippen LogP contribution in [0.15, 0.2) is 60.7 Å². The number of sulfonamides is 1. The first-order chi connectivity index (χ1) is 13.8. The molecule has 150 valence electrons. The molecule has 29 heavy (non-hydrogen) atoms. The third-order valence-electron chi connectivity index (χ3n) is 4.15. The van der Waals surface area contributed by atoms with E-state index in [0.717, 1.165) is 17.5 Å². The second-order valence-corrected chi connectivity index (χ2v) is 8.19. The zero-order chi connectivity index (χ0) is 21.0. The molecule has 0 atom stereocenters. The zero-order valence-corrected chi connectivity index (χ0v) is 17.1. The number of methoxy groups -OCH3 is 1. The van der Waals surface area contributed by atoms with E-state index in [1.54, 1.807) is 31.2 Å². The number of nitrogens with zero attached hydrogens (tertiary/aromatic N) is 1. The highest BCUT2D eigenvalue weighted by atomic mass is 32.2. The van der Waals surface area contributed by atoms with Crippen molar-refractivity contribution in [3.05, 3.63) is 71.9 Å². The van der Waals surface area contributed by atoms with Crippen molar-refractivity contribution in [3.8, 4) is 17.0 Å². The van der Waals surface area contributed by atoms with Gasteiger partial charge in [0.05, 0.1) is 36.0 Å². The molecule has 3 rings (SSSR count). The number of pyridine rings is 1. The fraction of sp³-hybridized carbons (Fsp3) is 0.143. The first-order valence-electron chi connectivity index (χ1n) is 8.77. The van der Waals surface area contributed by atoms with E-state index in [2.05, 4.69) is 15.0 Å². The highest BCUT2D eigenvalue weighted by Gasteiger charge is 2.14. The van der Waals surface area contributed by atoms with E-state index in [4.69, 9.17) is 4.74 Å². The molecular formula is C21H21N3O4S. The van der Waals surface area contributed by atoms with Crippen LogP contribution in [0.2, 0.25) is 0 Å². The van der Waals surface area contributed by atoms with Gasteiger partial charge in [0.25, 0.3) is 5.91 Å². The molecule has 3 aromatic rings. The van der Waals surface area contributed by atoms with Crippen LogP contribution < -0.4 is 14.8 Å². The molecular weight excluding hydrogens is 390 g/mol. The van der Waals surface area contributed by atoms with Crippen molar-refractivity contribution in [2.75, 3.05) is 23.4 Å². The number of hydrogen-bond acceptors (Lipinski definition) is 5. The largest absolute Gasteiger partial charge is 0.494 e. The number of carbonyl (C=O) groups is 1. The van der Waals surface area contributed by atoms with Crippen LogP contribution in [-0.4, -0.2) is 32.7 Å². The summed E-state index contributed by atoms with van der Waals surface area (Å²) in [4.78, 5) is 17.2. The van der Waals surface area contributed by atoms with Crippen molar-refractivity contribution in [2.45, 2.75) is 6.92 Å². The lowest BCUT2D eigenvalue weighted by atomic mass is 10.1. The Labute approximate surface area is 169 Å². The molecule has 0 aliphatic heterocycles. The van der Waals surface area contributed by atoms with Gasteiger partial charge >= 0.3 is 0 Å². The predicted octanol–water partition coefficient (Wildman–Crippen LogP) is 3.69. The van der Waals surface area contributed by atoms with Gasteiger partial charge in [-0.1, -0.05) is 30.3 Å². The Morgan fingerprint density at radius 3 is 2.38 bits per heavy atom. The van der Waals surface area contributed by atoms with Gasteiger partial charge in [0.15, 0.2) is 0 Å². The van der Waals surface area contributed by atoms with Gasteiger partial charge in [-0.05, 0) is 31.2 Å². The van der Waals surface area contributed by atoms with E-state index in [-0.39, 0.29) is 11.6 Å². The molecule has 1 heterocycles. The molecule has 1 aromatic heterocycles. The van der Waals surface area contributed by atoms with Crippen molar-refractivity contribution >= 4 is 27.3 Å². The minimum Gasteiger partial charge on any atom is -0.494 e. The van der Waals surface area contributed by atoms with E-state index < -0.39 is 10.0 Å². The molecule has 0 aliphatic rings. The zero-order valence-electron chi connectivity index (χ0n) is 16.3. The van der Waals surface area contributed by atoms with Crippen LogP contribution in [0, 0.1) is 6.92 Å². The summed E-state index contributed by atoms with van der Waals surface area (Å²) in [6.07, 6.45) is 1.05. The Morgan fingerprint density at radius 2 is 1.76 bits per heavy atom. The average molecular weight is 411 g/mol. The van der Waals surface area contributed by atoms with E-state index in [9.17, 15) is 13.2 Å². The number of aromatic nitrogens is 1. The number of benzene rings is 2. The number of aryl methyl sites for hydroxylation is 1. The van der Waals surface area contributed by atoms with Gasteiger partial charge < -0.3 is 10.1 Å². The Bertz CT molecular complexity index is 1150. The van der Waals surface area contributed by atoms with Crippen LogP contribution in [0.3, 0.4) is 0 Å². The van der Waals surface area contributed by atoms with E-state index in [0.29, 0.717) is 22.7 Å². The molecule has 0 spiro atoms. The summed E-state index contributed by atoms with van der Waals surface area (Å²) in [6.45, 7) is 1.78. The fourth-order valence-electron chi connectivity index (χ4n) is 2.82. The molecule has 2 N–H and O–H groups in total. The number of amides is 1. The molecule has 0 saturated heterocycles. The predicted molar refractivity (Wildman–Crippen MR) is 114 cm³/mol. The Morgan fingerprint density at radius 1 is 1.03 bits per heavy atom. The quantitative estimate of drug-likeness (QED) is 0.645. The Balaban J connectivity index is 1.81. The lowest BCUT2D eigenvalue weighted by Crippen LogP contribution is -2.15. The molecule has 8 heteroatoms. The van der Waals surface area contributed by atoms with Gasteiger partial charge in [0, 0.05) is 17.3 Å². The smallest absolute Gasteiger partial charge is 0.257 e. The van der Waals surface area contributed by atoms with E-state index >= 15 is 0 Å². The number of rotatable bonds is 6. The highest BCUT2D eigenvalue weighted by molar-refractivity contribution is 7.92. The fourth-order valence-corrected chi connectivity index (χ4v) is 3.39. The van der Waals surface area contributed by atoms with Crippen molar-refractivity contribution < 1.29 is 17.9 Å². The first kappa shape index (κ1) is 20.3. The molecule has 0 radical (unpaired) electrons. The minimum absolute atomic E-state index is 0.290. The highest BCUT2D eigenvalue weighted by Crippen LogP contribution is 2.29. The molecule has 0 fully saturated rings. The standard InChI is InChI=1S/C21H21N3O4S/c1-14-17(10-12-18(22-14)15-7-5-4-6-8-15)21(25)23-16-9-11-19(20(13-16)28-2)24-29(3,26)27/h4-13,24H,1-3H3,(H,23,25). The third kappa shape index (κ3) is 5.11. The number of carbonyl (C=O) groups excluding carboxylic acids is 1. The summed E-state index contributed by atoms with van der Waals surface area (Å²) >= 11 is 0. The van der Waals surface area contributed by atoms with Gasteiger partial charge in [-0.15, -0.1) is 0 Å². The van der Waals surface area contributed by atoms with Crippen LogP contribution >= 0.6 is 0 Å². The van der Waals surface area contributed by atoms with Crippen LogP contribution in [0.1, 0.15) is 16.1 Å². The number of anilines is 2. The number of ether oxygens (including phenoxy) is 1. The lowest BCUT2D eigenvalue weighted by Gasteiger charge is -2.13. The van der Waals surface area contributed by atoms with Crippen LogP contribution in [-0.2, 0) is 10.0 Å². The second kappa shape index (κ2) is 8.32. The molecule has 0 aliphatic carbocycles. The van der Waals surface area contributed by atoms with Gasteiger partial charge in [-0.2, -0.15) is 0 Å². The lowest BCUT2D eigenvalue weighted by molar-refractivity contribution is 0.102. The SMILES string of the molecule is COc1cc(NC(=O)c2ccc(-c3ccccc3)nc2C)ccc1NS(C)(=O)=O. The number of nitrogens with one attached hydrogen (secondary N) is 2. The Hall–Kier alpha value is -3.39. The molecule has 7 nitrogen and oxygen atoms in total. The van der Waals surface area contributed by atoms with Gasteiger partial charge in [-0.25, -0.2) is 8.42 Å². The summed E-state index contributed by atoms with van der Waals surface area (Å²) in [5.74, 6) is -0.0250. The Kier molecular flexibility index (Phi) is 5.84. The first-order valence-corrected chi connectivity index (χ1v) is 10.7. The van der Waals surface area contributed by atoms with E-state index in [1.165, 1.54) is 13.2 Å². The van der Waals surface area contributed by atoms with Gasteiger partial charge in [0.2, 0.25) is 10.0 Å². The monoisotopic (exact) mass is 411 g/mol. The summed E-state index contributed by atoms with van der Waals surface area (Å²) in [7, 11) is -2.03. The molecule has 0 bridgehead atoms. The maximum atomic E-state index is 12.7. The van der Waals surface area contributed by atoms with Crippen LogP contribution in [0.4, 0.5) is 11.4 Å². The summed E-state index contributed by atoms with van der Waals surface area (Å²) < 4.78 is 30.5. The van der Waals surface area contributed by atoms with Crippen molar-refractivity contribution in [2.24, 2.45) is 0 Å². The molecule has 0 saturated carbocycles. The van der Waals surface area contributed by atoms with Crippen LogP contribution in [0.25, 0.3) is 11.3 Å². The van der Waals surface area contributed by atoms with E-state index in [1.807, 2.05) is 30.3 Å². The third-order valence-corrected chi connectivity index (χ3v) is 4.75.